The van der Waals surface area contributed by atoms with Crippen LogP contribution >= 0.6 is 0 Å². The number of nitrogens with one attached hydrogen (secondary N) is 1. The van der Waals surface area contributed by atoms with Gasteiger partial charge in [-0.3, -0.25) is 9.89 Å². The molecule has 22 heavy (non-hydrogen) atoms. The number of rotatable bonds is 7. The predicted octanol–water partition coefficient (Wildman–Crippen LogP) is 1.35. The predicted molar refractivity (Wildman–Crippen MR) is 94.1 cm³/mol. The van der Waals surface area contributed by atoms with E-state index < -0.39 is 0 Å². The molecule has 0 aromatic rings. The Hall–Kier alpha value is -0.810. The molecule has 2 aliphatic heterocycles. The summed E-state index contributed by atoms with van der Waals surface area (Å²) < 4.78 is 0. The molecule has 0 saturated carbocycles. The molecule has 128 valence electrons. The Morgan fingerprint density at radius 3 is 2.86 bits per heavy atom. The molecule has 2 saturated heterocycles. The minimum atomic E-state index is 0.630. The number of nitrogens with two attached hydrogens (primary N) is 1. The number of hydrogen-bond acceptors (Lipinski definition) is 3. The van der Waals surface area contributed by atoms with Gasteiger partial charge in [0.15, 0.2) is 5.96 Å². The molecule has 5 nitrogen and oxygen atoms in total. The van der Waals surface area contributed by atoms with E-state index in [-0.39, 0.29) is 0 Å². The Bertz CT molecular complexity index is 355. The molecule has 3 N–H and O–H groups in total. The monoisotopic (exact) mass is 309 g/mol. The molecule has 2 atom stereocenters. The van der Waals surface area contributed by atoms with Gasteiger partial charge in [-0.05, 0) is 50.7 Å². The zero-order valence-electron chi connectivity index (χ0n) is 14.7. The van der Waals surface area contributed by atoms with E-state index in [4.69, 9.17) is 5.73 Å². The number of likely N-dealkylation sites (N-methyl/N-ethyl adjacent to an activating group) is 1. The summed E-state index contributed by atoms with van der Waals surface area (Å²) in [6.45, 7) is 14.6. The molecular formula is C17H35N5. The van der Waals surface area contributed by atoms with Crippen molar-refractivity contribution in [3.8, 4) is 0 Å². The van der Waals surface area contributed by atoms with Gasteiger partial charge in [0.25, 0.3) is 0 Å². The summed E-state index contributed by atoms with van der Waals surface area (Å²) in [4.78, 5) is 9.66. The zero-order chi connectivity index (χ0) is 15.9. The van der Waals surface area contributed by atoms with Gasteiger partial charge in [0.2, 0.25) is 0 Å². The minimum absolute atomic E-state index is 0.630. The Kier molecular flexibility index (Phi) is 6.96. The molecule has 0 aliphatic carbocycles. The second-order valence-electron chi connectivity index (χ2n) is 7.34. The third-order valence-electron chi connectivity index (χ3n) is 4.94. The molecule has 0 amide bonds. The molecule has 0 bridgehead atoms. The summed E-state index contributed by atoms with van der Waals surface area (Å²) in [6, 6.07) is 0.631. The maximum absolute atomic E-state index is 6.04. The zero-order valence-corrected chi connectivity index (χ0v) is 14.7. The van der Waals surface area contributed by atoms with Crippen LogP contribution in [0, 0.1) is 11.8 Å². The summed E-state index contributed by atoms with van der Waals surface area (Å²) >= 11 is 0. The van der Waals surface area contributed by atoms with Crippen LogP contribution in [0.25, 0.3) is 0 Å². The van der Waals surface area contributed by atoms with Gasteiger partial charge in [-0.2, -0.15) is 0 Å². The minimum Gasteiger partial charge on any atom is -0.370 e. The van der Waals surface area contributed by atoms with Crippen molar-refractivity contribution in [3.05, 3.63) is 0 Å². The van der Waals surface area contributed by atoms with Crippen LogP contribution in [-0.2, 0) is 0 Å². The number of hydrogen-bond donors (Lipinski definition) is 2. The molecule has 2 aliphatic rings. The highest BCUT2D eigenvalue weighted by Gasteiger charge is 2.24. The van der Waals surface area contributed by atoms with Crippen LogP contribution in [0.15, 0.2) is 4.99 Å². The van der Waals surface area contributed by atoms with Crippen molar-refractivity contribution in [2.24, 2.45) is 22.6 Å². The molecule has 0 aromatic heterocycles. The van der Waals surface area contributed by atoms with Crippen LogP contribution in [0.5, 0.6) is 0 Å². The van der Waals surface area contributed by atoms with Gasteiger partial charge in [0.05, 0.1) is 0 Å². The Morgan fingerprint density at radius 1 is 1.32 bits per heavy atom. The number of guanidine groups is 1. The maximum Gasteiger partial charge on any atom is 0.188 e. The van der Waals surface area contributed by atoms with Gasteiger partial charge in [-0.15, -0.1) is 0 Å². The summed E-state index contributed by atoms with van der Waals surface area (Å²) in [6.07, 6.45) is 3.85. The molecule has 0 aromatic carbocycles. The lowest BCUT2D eigenvalue weighted by Gasteiger charge is -2.23. The van der Waals surface area contributed by atoms with Crippen LogP contribution in [0.1, 0.15) is 40.0 Å². The first-order chi connectivity index (χ1) is 10.6. The fraction of sp³-hybridized carbons (Fsp3) is 0.941. The van der Waals surface area contributed by atoms with E-state index in [0.29, 0.717) is 17.9 Å². The molecule has 2 heterocycles. The van der Waals surface area contributed by atoms with Gasteiger partial charge < -0.3 is 16.0 Å². The van der Waals surface area contributed by atoms with E-state index >= 15 is 0 Å². The van der Waals surface area contributed by atoms with Crippen molar-refractivity contribution >= 4 is 5.96 Å². The molecule has 0 radical (unpaired) electrons. The van der Waals surface area contributed by atoms with Crippen LogP contribution in [0.4, 0.5) is 0 Å². The van der Waals surface area contributed by atoms with Crippen LogP contribution in [0.3, 0.4) is 0 Å². The summed E-state index contributed by atoms with van der Waals surface area (Å²) in [5.74, 6) is 2.06. The van der Waals surface area contributed by atoms with Gasteiger partial charge in [0, 0.05) is 32.2 Å². The van der Waals surface area contributed by atoms with Crippen molar-refractivity contribution in [2.75, 3.05) is 45.8 Å². The van der Waals surface area contributed by atoms with E-state index in [1.165, 1.54) is 45.4 Å². The topological polar surface area (TPSA) is 56.9 Å². The smallest absolute Gasteiger partial charge is 0.188 e. The van der Waals surface area contributed by atoms with Crippen LogP contribution < -0.4 is 11.1 Å². The van der Waals surface area contributed by atoms with Crippen molar-refractivity contribution in [3.63, 3.8) is 0 Å². The number of aliphatic imine (C=N–C) groups is 1. The third kappa shape index (κ3) is 5.43. The lowest BCUT2D eigenvalue weighted by atomic mass is 10.1. The van der Waals surface area contributed by atoms with E-state index in [1.54, 1.807) is 0 Å². The van der Waals surface area contributed by atoms with Crippen LogP contribution in [0.2, 0.25) is 0 Å². The summed E-state index contributed by atoms with van der Waals surface area (Å²) in [5.41, 5.74) is 6.04. The van der Waals surface area contributed by atoms with Gasteiger partial charge in [-0.1, -0.05) is 20.8 Å². The first-order valence-corrected chi connectivity index (χ1v) is 9.08. The maximum atomic E-state index is 6.04. The van der Waals surface area contributed by atoms with E-state index in [2.05, 4.69) is 40.9 Å². The first-order valence-electron chi connectivity index (χ1n) is 9.08. The van der Waals surface area contributed by atoms with Gasteiger partial charge >= 0.3 is 0 Å². The highest BCUT2D eigenvalue weighted by Crippen LogP contribution is 2.18. The Labute approximate surface area is 136 Å². The SMILES string of the molecule is CCN1CCCC1CNC(N)=NCC1CCN(CC(C)C)C1. The fourth-order valence-electron chi connectivity index (χ4n) is 3.79. The summed E-state index contributed by atoms with van der Waals surface area (Å²) in [7, 11) is 0. The Morgan fingerprint density at radius 2 is 2.14 bits per heavy atom. The number of likely N-dealkylation sites (tertiary alicyclic amines) is 2. The largest absolute Gasteiger partial charge is 0.370 e. The Balaban J connectivity index is 1.65. The molecule has 5 heteroatoms. The lowest BCUT2D eigenvalue weighted by Crippen LogP contribution is -2.43. The second-order valence-corrected chi connectivity index (χ2v) is 7.34. The molecular weight excluding hydrogens is 274 g/mol. The molecule has 0 spiro atoms. The summed E-state index contributed by atoms with van der Waals surface area (Å²) in [5, 5.41) is 3.33. The lowest BCUT2D eigenvalue weighted by molar-refractivity contribution is 0.267. The van der Waals surface area contributed by atoms with Crippen LogP contribution in [-0.4, -0.2) is 67.6 Å². The van der Waals surface area contributed by atoms with E-state index in [9.17, 15) is 0 Å². The fourth-order valence-corrected chi connectivity index (χ4v) is 3.79. The van der Waals surface area contributed by atoms with Crippen molar-refractivity contribution in [1.29, 1.82) is 0 Å². The third-order valence-corrected chi connectivity index (χ3v) is 4.94. The van der Waals surface area contributed by atoms with Gasteiger partial charge in [0.1, 0.15) is 0 Å². The highest BCUT2D eigenvalue weighted by molar-refractivity contribution is 5.77. The standard InChI is InChI=1S/C17H35N5/c1-4-22-8-5-6-16(22)11-20-17(18)19-10-15-7-9-21(13-15)12-14(2)3/h14-16H,4-13H2,1-3H3,(H3,18,19,20). The van der Waals surface area contributed by atoms with Crippen molar-refractivity contribution < 1.29 is 0 Å². The molecule has 2 unspecified atom stereocenters. The van der Waals surface area contributed by atoms with Gasteiger partial charge in [-0.25, -0.2) is 0 Å². The normalized spacial score (nSPS) is 27.9. The van der Waals surface area contributed by atoms with E-state index in [0.717, 1.165) is 25.6 Å². The quantitative estimate of drug-likeness (QED) is 0.551. The number of nitrogens with zero attached hydrogens (tertiary/aromatic N) is 3. The highest BCUT2D eigenvalue weighted by atomic mass is 15.2. The van der Waals surface area contributed by atoms with Crippen molar-refractivity contribution in [1.82, 2.24) is 15.1 Å². The average Bonchev–Trinajstić information content (AvgIpc) is 3.10. The second kappa shape index (κ2) is 8.73. The first kappa shape index (κ1) is 17.5. The van der Waals surface area contributed by atoms with Crippen molar-refractivity contribution in [2.45, 2.75) is 46.1 Å². The van der Waals surface area contributed by atoms with E-state index in [1.807, 2.05) is 0 Å². The average molecular weight is 310 g/mol. The molecule has 2 rings (SSSR count). The molecule has 2 fully saturated rings.